The Morgan fingerprint density at radius 1 is 1.58 bits per heavy atom. The quantitative estimate of drug-likeness (QED) is 0.859. The van der Waals surface area contributed by atoms with Crippen LogP contribution in [0.25, 0.3) is 0 Å². The molecule has 0 aromatic carbocycles. The minimum absolute atomic E-state index is 0.00522. The summed E-state index contributed by atoms with van der Waals surface area (Å²) < 4.78 is 4.98. The number of likely N-dealkylation sites (tertiary alicyclic amines) is 1. The molecule has 1 saturated heterocycles. The van der Waals surface area contributed by atoms with E-state index in [0.29, 0.717) is 30.8 Å². The summed E-state index contributed by atoms with van der Waals surface area (Å²) in [4.78, 5) is 29.0. The lowest BCUT2D eigenvalue weighted by atomic mass is 10.1. The minimum Gasteiger partial charge on any atom is -0.481 e. The number of nitrogens with one attached hydrogen (secondary N) is 1. The molecule has 0 saturated carbocycles. The molecule has 1 unspecified atom stereocenters. The largest absolute Gasteiger partial charge is 0.481 e. The maximum atomic E-state index is 12.1. The number of hydrogen-bond acceptors (Lipinski definition) is 4. The van der Waals surface area contributed by atoms with Crippen LogP contribution in [0, 0.1) is 0 Å². The Bertz CT molecular complexity index is 490. The fraction of sp³-hybridized carbons (Fsp3) is 0.462. The summed E-state index contributed by atoms with van der Waals surface area (Å²) in [6.07, 6.45) is 2.68. The van der Waals surface area contributed by atoms with Gasteiger partial charge in [0.15, 0.2) is 0 Å². The average molecular weight is 263 g/mol. The fourth-order valence-electron chi connectivity index (χ4n) is 2.06. The Kier molecular flexibility index (Phi) is 3.99. The molecular weight excluding hydrogens is 246 g/mol. The van der Waals surface area contributed by atoms with E-state index in [0.717, 1.165) is 0 Å². The lowest BCUT2D eigenvalue weighted by Crippen LogP contribution is -2.48. The van der Waals surface area contributed by atoms with Crippen molar-refractivity contribution in [1.82, 2.24) is 15.2 Å². The first-order chi connectivity index (χ1) is 9.10. The third-order valence-corrected chi connectivity index (χ3v) is 3.17. The zero-order valence-corrected chi connectivity index (χ0v) is 11.0. The number of pyridine rings is 1. The van der Waals surface area contributed by atoms with Gasteiger partial charge in [-0.25, -0.2) is 4.98 Å². The number of aromatic nitrogens is 1. The van der Waals surface area contributed by atoms with Crippen LogP contribution in [-0.4, -0.2) is 48.4 Å². The standard InChI is InChI=1S/C13H17N3O3/c1-16-8-10(3-4-12(16)17)15-13(18)9-5-6-14-11(7-9)19-2/h5-7,10H,3-4,8H2,1-2H3,(H,15,18). The van der Waals surface area contributed by atoms with Crippen molar-refractivity contribution >= 4 is 11.8 Å². The number of rotatable bonds is 3. The van der Waals surface area contributed by atoms with Crippen molar-refractivity contribution < 1.29 is 14.3 Å². The number of nitrogens with zero attached hydrogens (tertiary/aromatic N) is 2. The highest BCUT2D eigenvalue weighted by Gasteiger charge is 2.24. The molecule has 1 aromatic heterocycles. The van der Waals surface area contributed by atoms with E-state index in [1.54, 1.807) is 24.1 Å². The highest BCUT2D eigenvalue weighted by molar-refractivity contribution is 5.94. The second-order valence-electron chi connectivity index (χ2n) is 4.57. The lowest BCUT2D eigenvalue weighted by Gasteiger charge is -2.30. The average Bonchev–Trinajstić information content (AvgIpc) is 2.43. The monoisotopic (exact) mass is 263 g/mol. The van der Waals surface area contributed by atoms with Crippen LogP contribution in [0.15, 0.2) is 18.3 Å². The van der Waals surface area contributed by atoms with E-state index in [2.05, 4.69) is 10.3 Å². The number of likely N-dealkylation sites (N-methyl/N-ethyl adjacent to an activating group) is 1. The molecule has 1 aliphatic heterocycles. The third-order valence-electron chi connectivity index (χ3n) is 3.17. The number of carbonyl (C=O) groups excluding carboxylic acids is 2. The maximum absolute atomic E-state index is 12.1. The van der Waals surface area contributed by atoms with E-state index in [4.69, 9.17) is 4.74 Å². The van der Waals surface area contributed by atoms with Gasteiger partial charge in [-0.1, -0.05) is 0 Å². The van der Waals surface area contributed by atoms with Gasteiger partial charge in [-0.15, -0.1) is 0 Å². The topological polar surface area (TPSA) is 71.5 Å². The highest BCUT2D eigenvalue weighted by Crippen LogP contribution is 2.12. The molecule has 0 spiro atoms. The van der Waals surface area contributed by atoms with Crippen LogP contribution in [0.1, 0.15) is 23.2 Å². The van der Waals surface area contributed by atoms with E-state index in [1.807, 2.05) is 0 Å². The van der Waals surface area contributed by atoms with Gasteiger partial charge in [-0.05, 0) is 12.5 Å². The second kappa shape index (κ2) is 5.69. The normalized spacial score (nSPS) is 19.2. The first-order valence-corrected chi connectivity index (χ1v) is 6.15. The molecule has 0 aliphatic carbocycles. The molecular formula is C13H17N3O3. The summed E-state index contributed by atoms with van der Waals surface area (Å²) in [5, 5.41) is 2.92. The zero-order valence-electron chi connectivity index (χ0n) is 11.0. The van der Waals surface area contributed by atoms with E-state index in [-0.39, 0.29) is 17.9 Å². The predicted octanol–water partition coefficient (Wildman–Crippen LogP) is 0.441. The van der Waals surface area contributed by atoms with Gasteiger partial charge >= 0.3 is 0 Å². The molecule has 1 N–H and O–H groups in total. The van der Waals surface area contributed by atoms with Crippen molar-refractivity contribution in [3.05, 3.63) is 23.9 Å². The molecule has 1 atom stereocenters. The van der Waals surface area contributed by atoms with E-state index < -0.39 is 0 Å². The van der Waals surface area contributed by atoms with Crippen molar-refractivity contribution in [2.45, 2.75) is 18.9 Å². The molecule has 19 heavy (non-hydrogen) atoms. The molecule has 2 heterocycles. The first kappa shape index (κ1) is 13.3. The van der Waals surface area contributed by atoms with E-state index >= 15 is 0 Å². The number of piperidine rings is 1. The third kappa shape index (κ3) is 3.21. The highest BCUT2D eigenvalue weighted by atomic mass is 16.5. The summed E-state index contributed by atoms with van der Waals surface area (Å²) in [5.41, 5.74) is 0.506. The Labute approximate surface area is 111 Å². The molecule has 0 radical (unpaired) electrons. The van der Waals surface area contributed by atoms with Crippen LogP contribution in [0.5, 0.6) is 5.88 Å². The van der Waals surface area contributed by atoms with Gasteiger partial charge in [0.05, 0.1) is 7.11 Å². The molecule has 2 rings (SSSR count). The number of ether oxygens (including phenoxy) is 1. The Hall–Kier alpha value is -2.11. The zero-order chi connectivity index (χ0) is 13.8. The molecule has 102 valence electrons. The van der Waals surface area contributed by atoms with Crippen molar-refractivity contribution in [3.8, 4) is 5.88 Å². The Morgan fingerprint density at radius 3 is 3.05 bits per heavy atom. The molecule has 2 amide bonds. The van der Waals surface area contributed by atoms with Crippen LogP contribution in [0.2, 0.25) is 0 Å². The number of hydrogen-bond donors (Lipinski definition) is 1. The van der Waals surface area contributed by atoms with Crippen LogP contribution < -0.4 is 10.1 Å². The maximum Gasteiger partial charge on any atom is 0.251 e. The minimum atomic E-state index is -0.173. The molecule has 6 nitrogen and oxygen atoms in total. The van der Waals surface area contributed by atoms with Gasteiger partial charge in [0.1, 0.15) is 0 Å². The first-order valence-electron chi connectivity index (χ1n) is 6.15. The van der Waals surface area contributed by atoms with Crippen LogP contribution in [0.4, 0.5) is 0 Å². The van der Waals surface area contributed by atoms with E-state index in [9.17, 15) is 9.59 Å². The van der Waals surface area contributed by atoms with Crippen molar-refractivity contribution in [3.63, 3.8) is 0 Å². The van der Waals surface area contributed by atoms with Crippen molar-refractivity contribution in [2.75, 3.05) is 20.7 Å². The van der Waals surface area contributed by atoms with Crippen LogP contribution in [-0.2, 0) is 4.79 Å². The van der Waals surface area contributed by atoms with Crippen LogP contribution >= 0.6 is 0 Å². The number of amides is 2. The number of methoxy groups -OCH3 is 1. The van der Waals surface area contributed by atoms with Gasteiger partial charge in [0.25, 0.3) is 5.91 Å². The van der Waals surface area contributed by atoms with Crippen molar-refractivity contribution in [2.24, 2.45) is 0 Å². The SMILES string of the molecule is COc1cc(C(=O)NC2CCC(=O)N(C)C2)ccn1. The lowest BCUT2D eigenvalue weighted by molar-refractivity contribution is -0.132. The molecule has 1 fully saturated rings. The summed E-state index contributed by atoms with van der Waals surface area (Å²) in [6.45, 7) is 0.548. The van der Waals surface area contributed by atoms with Gasteiger partial charge in [-0.2, -0.15) is 0 Å². The number of carbonyl (C=O) groups is 2. The van der Waals surface area contributed by atoms with Gasteiger partial charge in [0.2, 0.25) is 11.8 Å². The smallest absolute Gasteiger partial charge is 0.251 e. The molecule has 1 aromatic rings. The fourth-order valence-corrected chi connectivity index (χ4v) is 2.06. The van der Waals surface area contributed by atoms with Crippen LogP contribution in [0.3, 0.4) is 0 Å². The predicted molar refractivity (Wildman–Crippen MR) is 68.9 cm³/mol. The summed E-state index contributed by atoms with van der Waals surface area (Å²) in [5.74, 6) is 0.355. The Balaban J connectivity index is 1.99. The summed E-state index contributed by atoms with van der Waals surface area (Å²) >= 11 is 0. The van der Waals surface area contributed by atoms with Gasteiger partial charge in [-0.3, -0.25) is 9.59 Å². The van der Waals surface area contributed by atoms with Gasteiger partial charge < -0.3 is 15.0 Å². The molecule has 1 aliphatic rings. The summed E-state index contributed by atoms with van der Waals surface area (Å²) in [7, 11) is 3.25. The molecule has 0 bridgehead atoms. The van der Waals surface area contributed by atoms with Gasteiger partial charge in [0, 0.05) is 43.9 Å². The second-order valence-corrected chi connectivity index (χ2v) is 4.57. The molecule has 6 heteroatoms. The summed E-state index contributed by atoms with van der Waals surface area (Å²) in [6, 6.07) is 3.22. The Morgan fingerprint density at radius 2 is 2.37 bits per heavy atom. The van der Waals surface area contributed by atoms with Crippen molar-refractivity contribution in [1.29, 1.82) is 0 Å². The van der Waals surface area contributed by atoms with E-state index in [1.165, 1.54) is 13.3 Å².